The minimum Gasteiger partial charge on any atom is -0.352 e. The lowest BCUT2D eigenvalue weighted by molar-refractivity contribution is -0.120. The van der Waals surface area contributed by atoms with Crippen molar-refractivity contribution in [2.75, 3.05) is 6.54 Å². The van der Waals surface area contributed by atoms with Gasteiger partial charge in [0.15, 0.2) is 5.78 Å². The van der Waals surface area contributed by atoms with E-state index in [9.17, 15) is 18.0 Å². The van der Waals surface area contributed by atoms with Crippen molar-refractivity contribution in [2.24, 2.45) is 0 Å². The van der Waals surface area contributed by atoms with Crippen LogP contribution in [-0.4, -0.2) is 32.7 Å². The van der Waals surface area contributed by atoms with Crippen LogP contribution in [0.1, 0.15) is 49.4 Å². The van der Waals surface area contributed by atoms with Gasteiger partial charge in [0, 0.05) is 11.6 Å². The molecule has 23 heavy (non-hydrogen) atoms. The lowest BCUT2D eigenvalue weighted by Crippen LogP contribution is -2.42. The Morgan fingerprint density at radius 1 is 1.17 bits per heavy atom. The van der Waals surface area contributed by atoms with Gasteiger partial charge < -0.3 is 5.32 Å². The maximum absolute atomic E-state index is 12.2. The molecule has 1 aromatic rings. The monoisotopic (exact) mass is 338 g/mol. The molecule has 126 valence electrons. The van der Waals surface area contributed by atoms with Gasteiger partial charge in [0.2, 0.25) is 15.9 Å². The van der Waals surface area contributed by atoms with E-state index >= 15 is 0 Å². The Bertz CT molecular complexity index is 679. The van der Waals surface area contributed by atoms with Crippen molar-refractivity contribution in [3.63, 3.8) is 0 Å². The second-order valence-electron chi connectivity index (χ2n) is 5.81. The van der Waals surface area contributed by atoms with Gasteiger partial charge in [-0.25, -0.2) is 13.1 Å². The molecular formula is C16H22N2O4S. The van der Waals surface area contributed by atoms with Crippen molar-refractivity contribution < 1.29 is 18.0 Å². The first-order chi connectivity index (χ1) is 10.9. The molecule has 1 fully saturated rings. The summed E-state index contributed by atoms with van der Waals surface area (Å²) in [6, 6.07) is 5.91. The quantitative estimate of drug-likeness (QED) is 0.771. The second-order valence-corrected chi connectivity index (χ2v) is 7.58. The van der Waals surface area contributed by atoms with Crippen LogP contribution in [-0.2, 0) is 14.8 Å². The number of carbonyl (C=O) groups excluding carboxylic acids is 2. The molecule has 1 aliphatic rings. The molecule has 6 nitrogen and oxygen atoms in total. The number of carbonyl (C=O) groups is 2. The number of benzene rings is 1. The minimum atomic E-state index is -3.82. The highest BCUT2D eigenvalue weighted by Gasteiger charge is 2.19. The van der Waals surface area contributed by atoms with Crippen LogP contribution in [0.2, 0.25) is 0 Å². The molecule has 1 amide bonds. The maximum atomic E-state index is 12.2. The smallest absolute Gasteiger partial charge is 0.241 e. The van der Waals surface area contributed by atoms with E-state index in [0.29, 0.717) is 5.56 Å². The molecule has 2 N–H and O–H groups in total. The van der Waals surface area contributed by atoms with Crippen molar-refractivity contribution in [1.82, 2.24) is 10.0 Å². The highest BCUT2D eigenvalue weighted by molar-refractivity contribution is 7.89. The van der Waals surface area contributed by atoms with Gasteiger partial charge in [0.25, 0.3) is 0 Å². The van der Waals surface area contributed by atoms with E-state index in [1.165, 1.54) is 31.5 Å². The molecule has 0 aliphatic heterocycles. The average molecular weight is 338 g/mol. The Morgan fingerprint density at radius 2 is 1.87 bits per heavy atom. The van der Waals surface area contributed by atoms with Gasteiger partial charge in [0.1, 0.15) is 0 Å². The van der Waals surface area contributed by atoms with Crippen molar-refractivity contribution >= 4 is 21.7 Å². The van der Waals surface area contributed by atoms with Crippen molar-refractivity contribution in [3.05, 3.63) is 29.8 Å². The third-order valence-corrected chi connectivity index (χ3v) is 5.34. The molecule has 7 heteroatoms. The predicted octanol–water partition coefficient (Wildman–Crippen LogP) is 1.62. The van der Waals surface area contributed by atoms with Crippen molar-refractivity contribution in [2.45, 2.75) is 50.0 Å². The highest BCUT2D eigenvalue weighted by Crippen LogP contribution is 2.17. The molecular weight excluding hydrogens is 316 g/mol. The van der Waals surface area contributed by atoms with Crippen LogP contribution in [0.15, 0.2) is 29.2 Å². The summed E-state index contributed by atoms with van der Waals surface area (Å²) in [6.07, 6.45) is 5.26. The summed E-state index contributed by atoms with van der Waals surface area (Å²) in [5.74, 6) is -0.541. The average Bonchev–Trinajstić information content (AvgIpc) is 2.54. The van der Waals surface area contributed by atoms with Crippen LogP contribution in [0.4, 0.5) is 0 Å². The summed E-state index contributed by atoms with van der Waals surface area (Å²) >= 11 is 0. The molecule has 0 atom stereocenters. The molecule has 1 saturated carbocycles. The van der Waals surface area contributed by atoms with Gasteiger partial charge in [-0.1, -0.05) is 31.4 Å². The lowest BCUT2D eigenvalue weighted by atomic mass is 9.95. The Labute approximate surface area is 136 Å². The first-order valence-electron chi connectivity index (χ1n) is 7.78. The lowest BCUT2D eigenvalue weighted by Gasteiger charge is -2.22. The largest absolute Gasteiger partial charge is 0.352 e. The molecule has 0 unspecified atom stereocenters. The predicted molar refractivity (Wildman–Crippen MR) is 86.7 cm³/mol. The number of Topliss-reactive ketones (excluding diaryl/α,β-unsaturated/α-hetero) is 1. The molecule has 0 spiro atoms. The van der Waals surface area contributed by atoms with E-state index < -0.39 is 10.0 Å². The summed E-state index contributed by atoms with van der Waals surface area (Å²) in [4.78, 5) is 23.2. The standard InChI is InChI=1S/C16H22N2O4S/c1-12(19)13-6-5-9-15(10-13)23(21,22)17-11-16(20)18-14-7-3-2-4-8-14/h5-6,9-10,14,17H,2-4,7-8,11H2,1H3,(H,18,20). The highest BCUT2D eigenvalue weighted by atomic mass is 32.2. The van der Waals surface area contributed by atoms with Crippen molar-refractivity contribution in [1.29, 1.82) is 0 Å². The zero-order valence-corrected chi connectivity index (χ0v) is 14.0. The molecule has 0 saturated heterocycles. The van der Waals surface area contributed by atoms with Crippen LogP contribution in [0.5, 0.6) is 0 Å². The van der Waals surface area contributed by atoms with E-state index in [4.69, 9.17) is 0 Å². The number of amides is 1. The Kier molecular flexibility index (Phi) is 5.90. The summed E-state index contributed by atoms with van der Waals surface area (Å²) in [7, 11) is -3.82. The number of hydrogen-bond donors (Lipinski definition) is 2. The van der Waals surface area contributed by atoms with Gasteiger partial charge in [-0.05, 0) is 31.9 Å². The van der Waals surface area contributed by atoms with Crippen LogP contribution < -0.4 is 10.0 Å². The van der Waals surface area contributed by atoms with Crippen LogP contribution in [0.25, 0.3) is 0 Å². The maximum Gasteiger partial charge on any atom is 0.241 e. The SMILES string of the molecule is CC(=O)c1cccc(S(=O)(=O)NCC(=O)NC2CCCCC2)c1. The summed E-state index contributed by atoms with van der Waals surface area (Å²) < 4.78 is 26.7. The van der Waals surface area contributed by atoms with Crippen LogP contribution in [0.3, 0.4) is 0 Å². The molecule has 0 heterocycles. The fourth-order valence-corrected chi connectivity index (χ4v) is 3.68. The molecule has 1 aromatic carbocycles. The van der Waals surface area contributed by atoms with Gasteiger partial charge in [-0.2, -0.15) is 0 Å². The zero-order valence-electron chi connectivity index (χ0n) is 13.2. The first kappa shape index (κ1) is 17.6. The van der Waals surface area contributed by atoms with E-state index in [1.54, 1.807) is 6.07 Å². The van der Waals surface area contributed by atoms with E-state index in [-0.39, 0.29) is 29.2 Å². The van der Waals surface area contributed by atoms with Gasteiger partial charge >= 0.3 is 0 Å². The molecule has 1 aliphatic carbocycles. The number of ketones is 1. The topological polar surface area (TPSA) is 92.3 Å². The van der Waals surface area contributed by atoms with Crippen LogP contribution >= 0.6 is 0 Å². The number of rotatable bonds is 6. The Morgan fingerprint density at radius 3 is 2.52 bits per heavy atom. The Hall–Kier alpha value is -1.73. The van der Waals surface area contributed by atoms with Crippen LogP contribution in [0, 0.1) is 0 Å². The molecule has 0 aromatic heterocycles. The molecule has 0 bridgehead atoms. The van der Waals surface area contributed by atoms with Gasteiger partial charge in [-0.15, -0.1) is 0 Å². The normalized spacial score (nSPS) is 16.0. The number of hydrogen-bond acceptors (Lipinski definition) is 4. The van der Waals surface area contributed by atoms with Crippen molar-refractivity contribution in [3.8, 4) is 0 Å². The zero-order chi connectivity index (χ0) is 16.9. The summed E-state index contributed by atoms with van der Waals surface area (Å²) in [6.45, 7) is 1.07. The third kappa shape index (κ3) is 5.14. The molecule has 2 rings (SSSR count). The van der Waals surface area contributed by atoms with E-state index in [2.05, 4.69) is 10.0 Å². The fraction of sp³-hybridized carbons (Fsp3) is 0.500. The van der Waals surface area contributed by atoms with Gasteiger partial charge in [-0.3, -0.25) is 9.59 Å². The van der Waals surface area contributed by atoms with E-state index in [1.807, 2.05) is 0 Å². The Balaban J connectivity index is 1.94. The first-order valence-corrected chi connectivity index (χ1v) is 9.27. The second kappa shape index (κ2) is 7.70. The number of sulfonamides is 1. The number of nitrogens with one attached hydrogen (secondary N) is 2. The fourth-order valence-electron chi connectivity index (χ4n) is 2.65. The minimum absolute atomic E-state index is 0.0179. The van der Waals surface area contributed by atoms with Gasteiger partial charge in [0.05, 0.1) is 11.4 Å². The summed E-state index contributed by atoms with van der Waals surface area (Å²) in [5.41, 5.74) is 0.319. The molecule has 0 radical (unpaired) electrons. The third-order valence-electron chi connectivity index (χ3n) is 3.94. The van der Waals surface area contributed by atoms with E-state index in [0.717, 1.165) is 25.7 Å². The summed E-state index contributed by atoms with van der Waals surface area (Å²) in [5, 5.41) is 2.85.